The Morgan fingerprint density at radius 2 is 1.79 bits per heavy atom. The number of aryl methyl sites for hydroxylation is 2. The Balaban J connectivity index is 1.20. The summed E-state index contributed by atoms with van der Waals surface area (Å²) in [6.07, 6.45) is 2.50. The Labute approximate surface area is 202 Å². The Bertz CT molecular complexity index is 1360. The summed E-state index contributed by atoms with van der Waals surface area (Å²) in [5.74, 6) is 0.657. The van der Waals surface area contributed by atoms with Crippen molar-refractivity contribution in [2.45, 2.75) is 29.9 Å². The van der Waals surface area contributed by atoms with Crippen LogP contribution in [-0.2, 0) is 27.7 Å². The van der Waals surface area contributed by atoms with Gasteiger partial charge in [0, 0.05) is 31.1 Å². The largest absolute Gasteiger partial charge is 0.342 e. The third-order valence-corrected chi connectivity index (χ3v) is 9.53. The maximum atomic E-state index is 13.0. The highest BCUT2D eigenvalue weighted by Crippen LogP contribution is 2.27. The fraction of sp³-hybridized carbons (Fsp3) is 0.280. The number of amides is 1. The molecule has 0 spiro atoms. The predicted molar refractivity (Wildman–Crippen MR) is 134 cm³/mol. The molecule has 1 aliphatic rings. The first-order chi connectivity index (χ1) is 16.5. The number of nitrogens with zero attached hydrogens (tertiary/aromatic N) is 2. The van der Waals surface area contributed by atoms with Gasteiger partial charge in [0.05, 0.1) is 11.0 Å². The van der Waals surface area contributed by atoms with Gasteiger partial charge in [-0.05, 0) is 54.5 Å². The molecule has 9 heteroatoms. The first kappa shape index (κ1) is 22.8. The molecule has 1 amide bonds. The molecule has 0 atom stereocenters. The van der Waals surface area contributed by atoms with E-state index in [4.69, 9.17) is 0 Å². The minimum atomic E-state index is -3.47. The van der Waals surface area contributed by atoms with Gasteiger partial charge >= 0.3 is 0 Å². The number of benzene rings is 2. The van der Waals surface area contributed by atoms with Gasteiger partial charge in [-0.2, -0.15) is 4.31 Å². The smallest absolute Gasteiger partial charge is 0.252 e. The second kappa shape index (κ2) is 9.69. The van der Waals surface area contributed by atoms with Crippen molar-refractivity contribution in [1.29, 1.82) is 0 Å². The van der Waals surface area contributed by atoms with Gasteiger partial charge in [-0.1, -0.05) is 36.4 Å². The standard InChI is InChI=1S/C25H26N4O3S2/c30-25(19-13-15-29(16-14-19)34(31,32)24-10-5-17-33-24)28-20-7-2-1-6-18(20)11-12-23-26-21-8-3-4-9-22(21)27-23/h1-10,17,19H,11-16H2,(H,26,27)(H,28,30). The van der Waals surface area contributed by atoms with E-state index in [0.717, 1.165) is 41.0 Å². The quantitative estimate of drug-likeness (QED) is 0.397. The van der Waals surface area contributed by atoms with Crippen molar-refractivity contribution in [1.82, 2.24) is 14.3 Å². The monoisotopic (exact) mass is 494 g/mol. The molecule has 0 saturated carbocycles. The van der Waals surface area contributed by atoms with Crippen LogP contribution in [0, 0.1) is 5.92 Å². The predicted octanol–water partition coefficient (Wildman–Crippen LogP) is 4.45. The number of hydrogen-bond donors (Lipinski definition) is 2. The summed E-state index contributed by atoms with van der Waals surface area (Å²) in [4.78, 5) is 21.0. The average molecular weight is 495 g/mol. The Morgan fingerprint density at radius 1 is 1.03 bits per heavy atom. The van der Waals surface area contributed by atoms with Crippen molar-refractivity contribution in [3.63, 3.8) is 0 Å². The van der Waals surface area contributed by atoms with Crippen molar-refractivity contribution < 1.29 is 13.2 Å². The number of anilines is 1. The number of carbonyl (C=O) groups excluding carboxylic acids is 1. The molecule has 176 valence electrons. The maximum absolute atomic E-state index is 13.0. The van der Waals surface area contributed by atoms with Crippen molar-refractivity contribution in [3.05, 3.63) is 77.4 Å². The van der Waals surface area contributed by atoms with Gasteiger partial charge in [0.15, 0.2) is 0 Å². The molecule has 7 nitrogen and oxygen atoms in total. The maximum Gasteiger partial charge on any atom is 0.252 e. The Morgan fingerprint density at radius 3 is 2.56 bits per heavy atom. The summed E-state index contributed by atoms with van der Waals surface area (Å²) in [6, 6.07) is 19.1. The number of nitrogens with one attached hydrogen (secondary N) is 2. The van der Waals surface area contributed by atoms with Crippen LogP contribution in [0.2, 0.25) is 0 Å². The highest BCUT2D eigenvalue weighted by atomic mass is 32.2. The van der Waals surface area contributed by atoms with Gasteiger partial charge in [-0.3, -0.25) is 4.79 Å². The molecule has 3 heterocycles. The summed E-state index contributed by atoms with van der Waals surface area (Å²) in [6.45, 7) is 0.706. The lowest BCUT2D eigenvalue weighted by atomic mass is 9.96. The van der Waals surface area contributed by atoms with E-state index >= 15 is 0 Å². The van der Waals surface area contributed by atoms with E-state index in [1.54, 1.807) is 17.5 Å². The van der Waals surface area contributed by atoms with Crippen LogP contribution in [0.4, 0.5) is 5.69 Å². The Kier molecular flexibility index (Phi) is 6.49. The number of aromatic nitrogens is 2. The number of thiophene rings is 1. The van der Waals surface area contributed by atoms with E-state index in [2.05, 4.69) is 15.3 Å². The fourth-order valence-electron chi connectivity index (χ4n) is 4.37. The second-order valence-corrected chi connectivity index (χ2v) is 11.6. The number of rotatable bonds is 7. The number of sulfonamides is 1. The molecule has 1 saturated heterocycles. The average Bonchev–Trinajstić information content (AvgIpc) is 3.54. The molecule has 5 rings (SSSR count). The molecular weight excluding hydrogens is 468 g/mol. The Hall–Kier alpha value is -3.01. The zero-order valence-corrected chi connectivity index (χ0v) is 20.2. The number of fused-ring (bicyclic) bond motifs is 1. The molecule has 1 aliphatic heterocycles. The normalized spacial score (nSPS) is 15.5. The van der Waals surface area contributed by atoms with Crippen LogP contribution in [0.3, 0.4) is 0 Å². The van der Waals surface area contributed by atoms with Crippen molar-refractivity contribution in [2.24, 2.45) is 5.92 Å². The lowest BCUT2D eigenvalue weighted by Crippen LogP contribution is -2.41. The fourth-order valence-corrected chi connectivity index (χ4v) is 6.98. The van der Waals surface area contributed by atoms with Crippen LogP contribution in [0.25, 0.3) is 11.0 Å². The van der Waals surface area contributed by atoms with Crippen molar-refractivity contribution in [3.8, 4) is 0 Å². The van der Waals surface area contributed by atoms with Gasteiger partial charge in [0.25, 0.3) is 10.0 Å². The van der Waals surface area contributed by atoms with Crippen molar-refractivity contribution >= 4 is 44.0 Å². The molecular formula is C25H26N4O3S2. The van der Waals surface area contributed by atoms with E-state index in [0.29, 0.717) is 30.1 Å². The third kappa shape index (κ3) is 4.77. The van der Waals surface area contributed by atoms with Crippen LogP contribution in [-0.4, -0.2) is 41.7 Å². The number of piperidine rings is 1. The molecule has 0 unspecified atom stereocenters. The topological polar surface area (TPSA) is 95.2 Å². The molecule has 4 aromatic rings. The second-order valence-electron chi connectivity index (χ2n) is 8.46. The molecule has 0 radical (unpaired) electrons. The third-order valence-electron chi connectivity index (χ3n) is 6.26. The molecule has 34 heavy (non-hydrogen) atoms. The summed E-state index contributed by atoms with van der Waals surface area (Å²) in [5.41, 5.74) is 3.82. The first-order valence-electron chi connectivity index (χ1n) is 11.4. The number of aromatic amines is 1. The van der Waals surface area contributed by atoms with Crippen LogP contribution >= 0.6 is 11.3 Å². The highest BCUT2D eigenvalue weighted by Gasteiger charge is 2.32. The van der Waals surface area contributed by atoms with Crippen molar-refractivity contribution in [2.75, 3.05) is 18.4 Å². The number of imidazole rings is 1. The lowest BCUT2D eigenvalue weighted by Gasteiger charge is -2.30. The van der Waals surface area contributed by atoms with E-state index < -0.39 is 10.0 Å². The molecule has 2 N–H and O–H groups in total. The van der Waals surface area contributed by atoms with Gasteiger partial charge in [0.2, 0.25) is 5.91 Å². The van der Waals surface area contributed by atoms with Crippen LogP contribution < -0.4 is 5.32 Å². The van der Waals surface area contributed by atoms with Crippen LogP contribution in [0.15, 0.2) is 70.3 Å². The molecule has 2 aromatic heterocycles. The minimum absolute atomic E-state index is 0.0515. The van der Waals surface area contributed by atoms with E-state index in [9.17, 15) is 13.2 Å². The minimum Gasteiger partial charge on any atom is -0.342 e. The van der Waals surface area contributed by atoms with Gasteiger partial charge in [-0.15, -0.1) is 11.3 Å². The molecule has 2 aromatic carbocycles. The number of para-hydroxylation sites is 3. The molecule has 0 aliphatic carbocycles. The van der Waals surface area contributed by atoms with Gasteiger partial charge in [-0.25, -0.2) is 13.4 Å². The lowest BCUT2D eigenvalue weighted by molar-refractivity contribution is -0.120. The summed E-state index contributed by atoms with van der Waals surface area (Å²) < 4.78 is 27.3. The first-order valence-corrected chi connectivity index (χ1v) is 13.7. The van der Waals surface area contributed by atoms with Gasteiger partial charge < -0.3 is 10.3 Å². The zero-order chi connectivity index (χ0) is 23.5. The summed E-state index contributed by atoms with van der Waals surface area (Å²) in [5, 5.41) is 4.85. The van der Waals surface area contributed by atoms with Gasteiger partial charge in [0.1, 0.15) is 10.0 Å². The molecule has 1 fully saturated rings. The zero-order valence-electron chi connectivity index (χ0n) is 18.6. The van der Waals surface area contributed by atoms with Crippen LogP contribution in [0.5, 0.6) is 0 Å². The number of hydrogen-bond acceptors (Lipinski definition) is 5. The summed E-state index contributed by atoms with van der Waals surface area (Å²) >= 11 is 1.22. The number of carbonyl (C=O) groups is 1. The SMILES string of the molecule is O=C(Nc1ccccc1CCc1nc2ccccc2[nH]1)C1CCN(S(=O)(=O)c2cccs2)CC1. The van der Waals surface area contributed by atoms with E-state index in [-0.39, 0.29) is 11.8 Å². The van der Waals surface area contributed by atoms with Crippen LogP contribution in [0.1, 0.15) is 24.2 Å². The molecule has 0 bridgehead atoms. The van der Waals surface area contributed by atoms with E-state index in [1.165, 1.54) is 15.6 Å². The van der Waals surface area contributed by atoms with E-state index in [1.807, 2.05) is 48.5 Å². The highest BCUT2D eigenvalue weighted by molar-refractivity contribution is 7.91. The number of H-pyrrole nitrogens is 1. The summed E-state index contributed by atoms with van der Waals surface area (Å²) in [7, 11) is -3.47.